The molecule has 0 N–H and O–H groups in total. The van der Waals surface area contributed by atoms with E-state index < -0.39 is 0 Å². The summed E-state index contributed by atoms with van der Waals surface area (Å²) in [5.74, 6) is 0.257. The van der Waals surface area contributed by atoms with Crippen LogP contribution in [-0.2, 0) is 10.8 Å². The van der Waals surface area contributed by atoms with Gasteiger partial charge in [0.05, 0.1) is 6.04 Å². The van der Waals surface area contributed by atoms with Crippen molar-refractivity contribution in [2.75, 3.05) is 4.90 Å². The third kappa shape index (κ3) is 3.14. The molecule has 2 atom stereocenters. The Bertz CT molecular complexity index is 2330. The SMILES string of the molecule is CC1(C)C2=CC3C(C=C2c2c1ccc1ccccc21)c1cc2c(cc1N3c1ccccc1)C(C)(C)c1ccc3ccccc3c1-2. The Morgan fingerprint density at radius 3 is 1.89 bits per heavy atom. The third-order valence-electron chi connectivity index (χ3n) is 11.5. The maximum absolute atomic E-state index is 2.64. The van der Waals surface area contributed by atoms with Crippen molar-refractivity contribution in [3.63, 3.8) is 0 Å². The van der Waals surface area contributed by atoms with Crippen LogP contribution in [-0.4, -0.2) is 6.04 Å². The van der Waals surface area contributed by atoms with Crippen molar-refractivity contribution in [2.45, 2.75) is 50.5 Å². The number of nitrogens with zero attached hydrogens (tertiary/aromatic N) is 1. The van der Waals surface area contributed by atoms with Crippen LogP contribution in [0.1, 0.15) is 61.4 Å². The normalized spacial score (nSPS) is 21.0. The molecule has 1 nitrogen and oxygen atoms in total. The summed E-state index contributed by atoms with van der Waals surface area (Å²) in [6.07, 6.45) is 5.26. The van der Waals surface area contributed by atoms with Crippen LogP contribution in [0.3, 0.4) is 0 Å². The zero-order valence-corrected chi connectivity index (χ0v) is 26.2. The molecule has 1 heteroatoms. The van der Waals surface area contributed by atoms with Crippen LogP contribution in [0.4, 0.5) is 11.4 Å². The van der Waals surface area contributed by atoms with Gasteiger partial charge in [-0.3, -0.25) is 0 Å². The molecule has 0 saturated carbocycles. The Balaban J connectivity index is 1.26. The van der Waals surface area contributed by atoms with Crippen molar-refractivity contribution < 1.29 is 0 Å². The van der Waals surface area contributed by atoms with Gasteiger partial charge in [-0.05, 0) is 95.9 Å². The van der Waals surface area contributed by atoms with Crippen LogP contribution < -0.4 is 4.90 Å². The first-order chi connectivity index (χ1) is 21.8. The van der Waals surface area contributed by atoms with Crippen molar-refractivity contribution >= 4 is 38.5 Å². The van der Waals surface area contributed by atoms with E-state index in [1.807, 2.05) is 0 Å². The minimum absolute atomic E-state index is 0.0606. The summed E-state index contributed by atoms with van der Waals surface area (Å²) in [5.41, 5.74) is 15.4. The van der Waals surface area contributed by atoms with E-state index in [1.165, 1.54) is 83.0 Å². The lowest BCUT2D eigenvalue weighted by Crippen LogP contribution is -2.31. The molecule has 10 rings (SSSR count). The highest BCUT2D eigenvalue weighted by atomic mass is 15.2. The van der Waals surface area contributed by atoms with Crippen LogP contribution >= 0.6 is 0 Å². The number of hydrogen-bond acceptors (Lipinski definition) is 1. The van der Waals surface area contributed by atoms with Gasteiger partial charge in [0.2, 0.25) is 0 Å². The van der Waals surface area contributed by atoms with E-state index in [0.717, 1.165) is 0 Å². The summed E-state index contributed by atoms with van der Waals surface area (Å²) >= 11 is 0. The lowest BCUT2D eigenvalue weighted by atomic mass is 9.76. The topological polar surface area (TPSA) is 3.24 Å². The molecule has 216 valence electrons. The van der Waals surface area contributed by atoms with Gasteiger partial charge in [-0.1, -0.05) is 131 Å². The van der Waals surface area contributed by atoms with E-state index in [-0.39, 0.29) is 22.8 Å². The van der Waals surface area contributed by atoms with Crippen LogP contribution in [0.5, 0.6) is 0 Å². The van der Waals surface area contributed by atoms with Gasteiger partial charge in [-0.2, -0.15) is 0 Å². The van der Waals surface area contributed by atoms with Gasteiger partial charge in [-0.15, -0.1) is 0 Å². The standard InChI is InChI=1S/C44H35N/c1-43(2)35-20-18-26-12-8-10-16-29(26)41(35)33-22-31-32-23-34-38(44(3,4)36-21-19-27-13-9-11-17-30(27)42(34)36)25-40(32)45(39(31)24-37(33)43)28-14-6-5-7-15-28/h5-25,31,39H,1-4H3. The molecule has 0 spiro atoms. The lowest BCUT2D eigenvalue weighted by Gasteiger charge is -2.33. The van der Waals surface area contributed by atoms with Gasteiger partial charge in [0.25, 0.3) is 0 Å². The molecule has 6 aromatic rings. The van der Waals surface area contributed by atoms with E-state index in [1.54, 1.807) is 0 Å². The molecule has 0 aromatic heterocycles. The molecular weight excluding hydrogens is 542 g/mol. The average molecular weight is 578 g/mol. The van der Waals surface area contributed by atoms with Gasteiger partial charge >= 0.3 is 0 Å². The maximum atomic E-state index is 2.64. The molecule has 1 aliphatic heterocycles. The zero-order valence-electron chi connectivity index (χ0n) is 26.2. The highest BCUT2D eigenvalue weighted by Crippen LogP contribution is 2.61. The molecule has 2 unspecified atom stereocenters. The Labute approximate surface area is 265 Å². The molecule has 3 aliphatic carbocycles. The van der Waals surface area contributed by atoms with E-state index in [9.17, 15) is 0 Å². The molecule has 4 aliphatic rings. The summed E-state index contributed by atoms with van der Waals surface area (Å²) in [7, 11) is 0. The lowest BCUT2D eigenvalue weighted by molar-refractivity contribution is 0.639. The maximum Gasteiger partial charge on any atom is 0.0632 e. The minimum atomic E-state index is -0.0763. The van der Waals surface area contributed by atoms with Crippen LogP contribution in [0.25, 0.3) is 38.2 Å². The molecule has 6 aromatic carbocycles. The van der Waals surface area contributed by atoms with Crippen molar-refractivity contribution in [1.82, 2.24) is 0 Å². The molecule has 0 bridgehead atoms. The fourth-order valence-corrected chi connectivity index (χ4v) is 9.32. The van der Waals surface area contributed by atoms with Gasteiger partial charge in [0.1, 0.15) is 0 Å². The molecule has 0 saturated heterocycles. The summed E-state index contributed by atoms with van der Waals surface area (Å²) in [6, 6.07) is 43.6. The van der Waals surface area contributed by atoms with Gasteiger partial charge < -0.3 is 4.90 Å². The molecule has 0 fully saturated rings. The van der Waals surface area contributed by atoms with E-state index in [0.29, 0.717) is 0 Å². The van der Waals surface area contributed by atoms with E-state index in [2.05, 4.69) is 160 Å². The number of anilines is 2. The first-order valence-electron chi connectivity index (χ1n) is 16.4. The number of allylic oxidation sites excluding steroid dienone is 2. The Hall–Kier alpha value is -4.88. The van der Waals surface area contributed by atoms with Crippen LogP contribution in [0.15, 0.2) is 133 Å². The Kier molecular flexibility index (Phi) is 4.77. The number of hydrogen-bond donors (Lipinski definition) is 0. The monoisotopic (exact) mass is 577 g/mol. The van der Waals surface area contributed by atoms with Crippen molar-refractivity contribution in [3.05, 3.63) is 161 Å². The average Bonchev–Trinajstić information content (AvgIpc) is 3.59. The predicted molar refractivity (Wildman–Crippen MR) is 190 cm³/mol. The Morgan fingerprint density at radius 1 is 0.556 bits per heavy atom. The van der Waals surface area contributed by atoms with Gasteiger partial charge in [-0.25, -0.2) is 0 Å². The molecule has 1 heterocycles. The van der Waals surface area contributed by atoms with E-state index in [4.69, 9.17) is 0 Å². The summed E-state index contributed by atoms with van der Waals surface area (Å²) in [4.78, 5) is 2.63. The largest absolute Gasteiger partial charge is 0.333 e. The Morgan fingerprint density at radius 2 is 1.18 bits per heavy atom. The molecule has 0 amide bonds. The van der Waals surface area contributed by atoms with Gasteiger partial charge in [0.15, 0.2) is 0 Å². The van der Waals surface area contributed by atoms with Crippen LogP contribution in [0.2, 0.25) is 0 Å². The summed E-state index contributed by atoms with van der Waals surface area (Å²) in [6.45, 7) is 9.66. The van der Waals surface area contributed by atoms with Crippen molar-refractivity contribution in [1.29, 1.82) is 0 Å². The number of rotatable bonds is 1. The van der Waals surface area contributed by atoms with Gasteiger partial charge in [0, 0.05) is 28.1 Å². The zero-order chi connectivity index (χ0) is 30.2. The first-order valence-corrected chi connectivity index (χ1v) is 16.4. The predicted octanol–water partition coefficient (Wildman–Crippen LogP) is 11.2. The fourth-order valence-electron chi connectivity index (χ4n) is 9.32. The van der Waals surface area contributed by atoms with Crippen LogP contribution in [0, 0.1) is 0 Å². The quantitative estimate of drug-likeness (QED) is 0.188. The highest BCUT2D eigenvalue weighted by molar-refractivity contribution is 6.06. The molecule has 45 heavy (non-hydrogen) atoms. The summed E-state index contributed by atoms with van der Waals surface area (Å²) < 4.78 is 0. The number of para-hydroxylation sites is 1. The third-order valence-corrected chi connectivity index (χ3v) is 11.5. The smallest absolute Gasteiger partial charge is 0.0632 e. The number of fused-ring (bicyclic) bond motifs is 13. The summed E-state index contributed by atoms with van der Waals surface area (Å²) in [5, 5.41) is 5.36. The van der Waals surface area contributed by atoms with Crippen molar-refractivity contribution in [3.8, 4) is 11.1 Å². The second kappa shape index (κ2) is 8.43. The number of benzene rings is 6. The highest BCUT2D eigenvalue weighted by Gasteiger charge is 2.48. The second-order valence-corrected chi connectivity index (χ2v) is 14.5. The fraction of sp³-hybridized carbons (Fsp3) is 0.182. The minimum Gasteiger partial charge on any atom is -0.333 e. The molecular formula is C44H35N. The second-order valence-electron chi connectivity index (χ2n) is 14.5. The van der Waals surface area contributed by atoms with Crippen molar-refractivity contribution in [2.24, 2.45) is 0 Å². The van der Waals surface area contributed by atoms with E-state index >= 15 is 0 Å². The first kappa shape index (κ1) is 25.4. The molecule has 0 radical (unpaired) electrons.